The monoisotopic (exact) mass is 259 g/mol. The lowest BCUT2D eigenvalue weighted by molar-refractivity contribution is -0.117. The first-order chi connectivity index (χ1) is 8.84. The van der Waals surface area contributed by atoms with E-state index in [0.717, 1.165) is 11.1 Å². The highest BCUT2D eigenvalue weighted by Crippen LogP contribution is 2.27. The van der Waals surface area contributed by atoms with Gasteiger partial charge < -0.3 is 10.4 Å². The van der Waals surface area contributed by atoms with Crippen molar-refractivity contribution in [3.05, 3.63) is 47.2 Å². The van der Waals surface area contributed by atoms with Gasteiger partial charge >= 0.3 is 0 Å². The van der Waals surface area contributed by atoms with Crippen molar-refractivity contribution in [2.75, 3.05) is 0 Å². The maximum absolute atomic E-state index is 11.9. The Morgan fingerprint density at radius 2 is 1.74 bits per heavy atom. The molecule has 1 aliphatic rings. The molecular formula is C15H17NO3. The van der Waals surface area contributed by atoms with Gasteiger partial charge in [-0.15, -0.1) is 0 Å². The van der Waals surface area contributed by atoms with E-state index in [-0.39, 0.29) is 11.0 Å². The maximum Gasteiger partial charge on any atom is 0.258 e. The summed E-state index contributed by atoms with van der Waals surface area (Å²) in [6.07, 6.45) is 0.571. The Labute approximate surface area is 112 Å². The van der Waals surface area contributed by atoms with Crippen LogP contribution in [0.4, 0.5) is 0 Å². The van der Waals surface area contributed by atoms with Crippen molar-refractivity contribution in [1.82, 2.24) is 5.32 Å². The Morgan fingerprint density at radius 1 is 1.16 bits per heavy atom. The summed E-state index contributed by atoms with van der Waals surface area (Å²) in [7, 11) is 0. The quantitative estimate of drug-likeness (QED) is 0.461. The van der Waals surface area contributed by atoms with E-state index in [2.05, 4.69) is 26.1 Å². The summed E-state index contributed by atoms with van der Waals surface area (Å²) in [6.45, 7) is 6.32. The van der Waals surface area contributed by atoms with Gasteiger partial charge in [-0.2, -0.15) is 0 Å². The summed E-state index contributed by atoms with van der Waals surface area (Å²) in [5.74, 6) is -0.923. The molecule has 0 aromatic heterocycles. The fraction of sp³-hybridized carbons (Fsp3) is 0.333. The van der Waals surface area contributed by atoms with Crippen molar-refractivity contribution in [2.24, 2.45) is 0 Å². The maximum atomic E-state index is 11.9. The topological polar surface area (TPSA) is 66.4 Å². The van der Waals surface area contributed by atoms with Crippen LogP contribution in [0.15, 0.2) is 36.1 Å². The van der Waals surface area contributed by atoms with Crippen molar-refractivity contribution in [2.45, 2.75) is 32.2 Å². The van der Waals surface area contributed by atoms with Crippen molar-refractivity contribution >= 4 is 11.7 Å². The molecule has 19 heavy (non-hydrogen) atoms. The number of benzene rings is 1. The molecule has 1 amide bonds. The number of aliphatic hydroxyl groups is 1. The van der Waals surface area contributed by atoms with Crippen LogP contribution in [0.3, 0.4) is 0 Å². The second-order valence-electron chi connectivity index (χ2n) is 5.69. The van der Waals surface area contributed by atoms with Gasteiger partial charge in [0, 0.05) is 0 Å². The fourth-order valence-electron chi connectivity index (χ4n) is 2.07. The molecule has 1 aromatic carbocycles. The van der Waals surface area contributed by atoms with Crippen LogP contribution in [0.2, 0.25) is 0 Å². The molecule has 0 aliphatic carbocycles. The summed E-state index contributed by atoms with van der Waals surface area (Å²) in [6, 6.07) is 6.89. The molecule has 0 spiro atoms. The molecule has 1 aromatic rings. The van der Waals surface area contributed by atoms with Crippen molar-refractivity contribution in [3.8, 4) is 0 Å². The van der Waals surface area contributed by atoms with Gasteiger partial charge in [-0.3, -0.25) is 9.59 Å². The number of amides is 1. The van der Waals surface area contributed by atoms with Crippen LogP contribution in [0.1, 0.15) is 37.9 Å². The molecular weight excluding hydrogens is 242 g/mol. The molecule has 1 saturated heterocycles. The Bertz CT molecular complexity index is 550. The van der Waals surface area contributed by atoms with Crippen LogP contribution >= 0.6 is 0 Å². The molecule has 1 heterocycles. The number of hydrogen-bond donors (Lipinski definition) is 2. The lowest BCUT2D eigenvalue weighted by Crippen LogP contribution is -2.21. The molecule has 0 bridgehead atoms. The number of Topliss-reactive ketones (excluding diaryl/α,β-unsaturated/α-hetero) is 1. The lowest BCUT2D eigenvalue weighted by Gasteiger charge is -2.19. The fourth-order valence-corrected chi connectivity index (χ4v) is 2.07. The first kappa shape index (κ1) is 13.3. The standard InChI is InChI=1S/C15H17NO3/c1-15(2,3)10-6-4-9(5-7-10)12-13(18)11(8-17)14(19)16-12/h4-8,12,17H,1-3H3,(H,16,19). The minimum atomic E-state index is -0.695. The van der Waals surface area contributed by atoms with Gasteiger partial charge in [0.15, 0.2) is 5.78 Å². The normalized spacial score (nSPS) is 21.8. The van der Waals surface area contributed by atoms with Gasteiger partial charge in [0.2, 0.25) is 0 Å². The molecule has 1 fully saturated rings. The average Bonchev–Trinajstić information content (AvgIpc) is 2.63. The van der Waals surface area contributed by atoms with E-state index in [1.165, 1.54) is 0 Å². The predicted molar refractivity (Wildman–Crippen MR) is 71.7 cm³/mol. The molecule has 2 rings (SSSR count). The van der Waals surface area contributed by atoms with Gasteiger partial charge in [0.25, 0.3) is 5.91 Å². The summed E-state index contributed by atoms with van der Waals surface area (Å²) in [5.41, 5.74) is 1.73. The van der Waals surface area contributed by atoms with Crippen LogP contribution in [0, 0.1) is 0 Å². The molecule has 1 aliphatic heterocycles. The first-order valence-corrected chi connectivity index (χ1v) is 6.14. The third kappa shape index (κ3) is 2.38. The number of aliphatic hydroxyl groups excluding tert-OH is 1. The van der Waals surface area contributed by atoms with Crippen LogP contribution in [-0.2, 0) is 15.0 Å². The molecule has 2 N–H and O–H groups in total. The molecule has 1 unspecified atom stereocenters. The zero-order chi connectivity index (χ0) is 14.2. The molecule has 1 atom stereocenters. The average molecular weight is 259 g/mol. The van der Waals surface area contributed by atoms with E-state index < -0.39 is 17.7 Å². The Balaban J connectivity index is 2.30. The number of nitrogens with one attached hydrogen (secondary N) is 1. The zero-order valence-electron chi connectivity index (χ0n) is 11.2. The second kappa shape index (κ2) is 4.53. The largest absolute Gasteiger partial charge is 0.515 e. The van der Waals surface area contributed by atoms with Crippen LogP contribution in [0.5, 0.6) is 0 Å². The van der Waals surface area contributed by atoms with E-state index in [4.69, 9.17) is 5.11 Å². The summed E-state index contributed by atoms with van der Waals surface area (Å²) in [4.78, 5) is 23.4. The Morgan fingerprint density at radius 3 is 2.16 bits per heavy atom. The highest BCUT2D eigenvalue weighted by Gasteiger charge is 2.37. The van der Waals surface area contributed by atoms with Crippen molar-refractivity contribution in [3.63, 3.8) is 0 Å². The van der Waals surface area contributed by atoms with Gasteiger partial charge in [-0.25, -0.2) is 0 Å². The Kier molecular flexibility index (Phi) is 3.18. The number of carbonyl (C=O) groups is 2. The van der Waals surface area contributed by atoms with E-state index in [9.17, 15) is 9.59 Å². The predicted octanol–water partition coefficient (Wildman–Crippen LogP) is 2.17. The third-order valence-corrected chi connectivity index (χ3v) is 3.29. The first-order valence-electron chi connectivity index (χ1n) is 6.14. The zero-order valence-corrected chi connectivity index (χ0v) is 11.2. The van der Waals surface area contributed by atoms with Crippen LogP contribution in [-0.4, -0.2) is 16.8 Å². The number of ketones is 1. The van der Waals surface area contributed by atoms with E-state index in [1.54, 1.807) is 0 Å². The molecule has 0 saturated carbocycles. The van der Waals surface area contributed by atoms with Crippen LogP contribution < -0.4 is 5.32 Å². The summed E-state index contributed by atoms with van der Waals surface area (Å²) < 4.78 is 0. The van der Waals surface area contributed by atoms with E-state index in [1.807, 2.05) is 24.3 Å². The highest BCUT2D eigenvalue weighted by atomic mass is 16.2. The summed E-state index contributed by atoms with van der Waals surface area (Å²) >= 11 is 0. The van der Waals surface area contributed by atoms with Crippen molar-refractivity contribution in [1.29, 1.82) is 0 Å². The van der Waals surface area contributed by atoms with Gasteiger partial charge in [-0.1, -0.05) is 45.0 Å². The smallest absolute Gasteiger partial charge is 0.258 e. The summed E-state index contributed by atoms with van der Waals surface area (Å²) in [5, 5.41) is 11.4. The highest BCUT2D eigenvalue weighted by molar-refractivity contribution is 6.26. The van der Waals surface area contributed by atoms with E-state index >= 15 is 0 Å². The SMILES string of the molecule is CC(C)(C)c1ccc(C2NC(=O)C(=CO)C2=O)cc1. The molecule has 4 heteroatoms. The number of rotatable bonds is 1. The molecule has 100 valence electrons. The Hall–Kier alpha value is -2.10. The van der Waals surface area contributed by atoms with Gasteiger partial charge in [-0.05, 0) is 16.5 Å². The van der Waals surface area contributed by atoms with Gasteiger partial charge in [0.05, 0.1) is 6.26 Å². The molecule has 4 nitrogen and oxygen atoms in total. The minimum Gasteiger partial charge on any atom is -0.515 e. The van der Waals surface area contributed by atoms with Crippen molar-refractivity contribution < 1.29 is 14.7 Å². The second-order valence-corrected chi connectivity index (χ2v) is 5.69. The lowest BCUT2D eigenvalue weighted by atomic mass is 9.86. The van der Waals surface area contributed by atoms with Gasteiger partial charge in [0.1, 0.15) is 11.6 Å². The minimum absolute atomic E-state index is 0.0393. The number of hydrogen-bond acceptors (Lipinski definition) is 3. The van der Waals surface area contributed by atoms with Crippen LogP contribution in [0.25, 0.3) is 0 Å². The third-order valence-electron chi connectivity index (χ3n) is 3.29. The van der Waals surface area contributed by atoms with E-state index in [0.29, 0.717) is 6.26 Å². The number of carbonyl (C=O) groups excluding carboxylic acids is 2. The molecule has 0 radical (unpaired) electrons.